The quantitative estimate of drug-likeness (QED) is 0.735. The zero-order valence-corrected chi connectivity index (χ0v) is 11.8. The van der Waals surface area contributed by atoms with Crippen molar-refractivity contribution in [2.75, 3.05) is 0 Å². The van der Waals surface area contributed by atoms with Crippen molar-refractivity contribution in [2.45, 2.75) is 20.0 Å². The molecule has 0 N–H and O–H groups in total. The Morgan fingerprint density at radius 1 is 1.20 bits per heavy atom. The number of aromatic nitrogens is 3. The lowest BCUT2D eigenvalue weighted by atomic mass is 10.3. The molecule has 20 heavy (non-hydrogen) atoms. The molecule has 0 aliphatic rings. The van der Waals surface area contributed by atoms with Crippen LogP contribution in [0.5, 0.6) is 0 Å². The van der Waals surface area contributed by atoms with Crippen molar-refractivity contribution < 1.29 is 0 Å². The number of pyridine rings is 1. The molecule has 0 unspecified atom stereocenters. The molecule has 5 nitrogen and oxygen atoms in total. The summed E-state index contributed by atoms with van der Waals surface area (Å²) in [5.74, 6) is 0. The molecule has 3 heterocycles. The van der Waals surface area contributed by atoms with Crippen molar-refractivity contribution in [3.63, 3.8) is 0 Å². The van der Waals surface area contributed by atoms with Gasteiger partial charge in [0.2, 0.25) is 0 Å². The van der Waals surface area contributed by atoms with Crippen LogP contribution < -0.4 is 11.1 Å². The highest BCUT2D eigenvalue weighted by Crippen LogP contribution is 2.19. The monoisotopic (exact) mass is 287 g/mol. The van der Waals surface area contributed by atoms with Crippen LogP contribution in [-0.4, -0.2) is 14.1 Å². The third kappa shape index (κ3) is 2.30. The van der Waals surface area contributed by atoms with E-state index in [2.05, 4.69) is 4.98 Å². The van der Waals surface area contributed by atoms with Crippen LogP contribution in [0.3, 0.4) is 0 Å². The summed E-state index contributed by atoms with van der Waals surface area (Å²) >= 11 is 1.51. The first-order chi connectivity index (χ1) is 9.65. The van der Waals surface area contributed by atoms with E-state index in [0.717, 1.165) is 9.71 Å². The molecule has 0 aromatic carbocycles. The minimum absolute atomic E-state index is 0.0525. The van der Waals surface area contributed by atoms with Gasteiger partial charge in [0.1, 0.15) is 4.83 Å². The van der Waals surface area contributed by atoms with Crippen molar-refractivity contribution in [1.82, 2.24) is 14.1 Å². The molecule has 0 atom stereocenters. The summed E-state index contributed by atoms with van der Waals surface area (Å²) in [6.45, 7) is 2.84. The molecule has 3 rings (SSSR count). The molecule has 102 valence electrons. The van der Waals surface area contributed by atoms with Crippen molar-refractivity contribution in [3.05, 3.63) is 62.4 Å². The van der Waals surface area contributed by atoms with E-state index in [4.69, 9.17) is 0 Å². The SMILES string of the molecule is Cc1cc2c(=O)n(CCn3ccccc3=O)cnc2s1. The predicted molar refractivity (Wildman–Crippen MR) is 79.3 cm³/mol. The fourth-order valence-corrected chi connectivity index (χ4v) is 2.94. The summed E-state index contributed by atoms with van der Waals surface area (Å²) < 4.78 is 3.13. The summed E-state index contributed by atoms with van der Waals surface area (Å²) in [5, 5.41) is 0.649. The molecule has 0 saturated carbocycles. The van der Waals surface area contributed by atoms with Crippen LogP contribution in [0.4, 0.5) is 0 Å². The van der Waals surface area contributed by atoms with E-state index in [1.54, 1.807) is 33.8 Å². The molecule has 0 bridgehead atoms. The highest BCUT2D eigenvalue weighted by molar-refractivity contribution is 7.18. The van der Waals surface area contributed by atoms with Crippen molar-refractivity contribution >= 4 is 21.6 Å². The van der Waals surface area contributed by atoms with Crippen LogP contribution in [0.1, 0.15) is 4.88 Å². The molecule has 3 aromatic heterocycles. The number of rotatable bonds is 3. The van der Waals surface area contributed by atoms with Gasteiger partial charge >= 0.3 is 0 Å². The minimum Gasteiger partial charge on any atom is -0.314 e. The van der Waals surface area contributed by atoms with Crippen LogP contribution in [0.15, 0.2) is 46.4 Å². The second kappa shape index (κ2) is 5.05. The number of fused-ring (bicyclic) bond motifs is 1. The molecular formula is C14H13N3O2S. The number of thiophene rings is 1. The maximum Gasteiger partial charge on any atom is 0.262 e. The van der Waals surface area contributed by atoms with Crippen LogP contribution >= 0.6 is 11.3 Å². The molecule has 6 heteroatoms. The van der Waals surface area contributed by atoms with Crippen molar-refractivity contribution in [2.24, 2.45) is 0 Å². The third-order valence-electron chi connectivity index (χ3n) is 3.12. The molecule has 0 fully saturated rings. The first-order valence-electron chi connectivity index (χ1n) is 6.26. The number of aryl methyl sites for hydroxylation is 3. The van der Waals surface area contributed by atoms with Crippen LogP contribution in [-0.2, 0) is 13.1 Å². The van der Waals surface area contributed by atoms with Gasteiger partial charge in [0, 0.05) is 30.2 Å². The Hall–Kier alpha value is -2.21. The Labute approximate surface area is 118 Å². The smallest absolute Gasteiger partial charge is 0.262 e. The second-order valence-electron chi connectivity index (χ2n) is 4.55. The van der Waals surface area contributed by atoms with Gasteiger partial charge in [-0.05, 0) is 19.1 Å². The van der Waals surface area contributed by atoms with Gasteiger partial charge in [0.25, 0.3) is 11.1 Å². The second-order valence-corrected chi connectivity index (χ2v) is 5.79. The maximum atomic E-state index is 12.3. The highest BCUT2D eigenvalue weighted by Gasteiger charge is 2.07. The standard InChI is InChI=1S/C14H13N3O2S/c1-10-8-11-13(20-10)15-9-17(14(11)19)7-6-16-5-3-2-4-12(16)18/h2-5,8-9H,6-7H2,1H3. The molecule has 0 aliphatic heterocycles. The lowest BCUT2D eigenvalue weighted by Gasteiger charge is -2.07. The Balaban J connectivity index is 1.92. The van der Waals surface area contributed by atoms with Crippen molar-refractivity contribution in [1.29, 1.82) is 0 Å². The average Bonchev–Trinajstić information content (AvgIpc) is 2.81. The van der Waals surface area contributed by atoms with E-state index in [9.17, 15) is 9.59 Å². The van der Waals surface area contributed by atoms with Gasteiger partial charge in [0.15, 0.2) is 0 Å². The fraction of sp³-hybridized carbons (Fsp3) is 0.214. The van der Waals surface area contributed by atoms with Crippen LogP contribution in [0.2, 0.25) is 0 Å². The first-order valence-corrected chi connectivity index (χ1v) is 7.08. The topological polar surface area (TPSA) is 56.9 Å². The predicted octanol–water partition coefficient (Wildman–Crippen LogP) is 1.63. The van der Waals surface area contributed by atoms with Crippen molar-refractivity contribution in [3.8, 4) is 0 Å². The van der Waals surface area contributed by atoms with E-state index in [-0.39, 0.29) is 11.1 Å². The molecule has 0 amide bonds. The zero-order valence-electron chi connectivity index (χ0n) is 10.9. The van der Waals surface area contributed by atoms with Gasteiger partial charge in [-0.15, -0.1) is 11.3 Å². The van der Waals surface area contributed by atoms with E-state index in [1.165, 1.54) is 17.4 Å². The summed E-state index contributed by atoms with van der Waals surface area (Å²) in [6, 6.07) is 6.87. The molecule has 0 radical (unpaired) electrons. The minimum atomic E-state index is -0.0686. The number of nitrogens with zero attached hydrogens (tertiary/aromatic N) is 3. The Bertz CT molecular complexity index is 876. The average molecular weight is 287 g/mol. The van der Waals surface area contributed by atoms with Gasteiger partial charge in [0.05, 0.1) is 11.7 Å². The van der Waals surface area contributed by atoms with E-state index in [1.807, 2.05) is 13.0 Å². The summed E-state index contributed by atoms with van der Waals surface area (Å²) in [6.07, 6.45) is 3.27. The molecular weight excluding hydrogens is 274 g/mol. The molecule has 3 aromatic rings. The number of hydrogen-bond acceptors (Lipinski definition) is 4. The summed E-state index contributed by atoms with van der Waals surface area (Å²) in [4.78, 5) is 30.0. The summed E-state index contributed by atoms with van der Waals surface area (Å²) in [7, 11) is 0. The van der Waals surface area contributed by atoms with Crippen LogP contribution in [0.25, 0.3) is 10.2 Å². The Kier molecular flexibility index (Phi) is 3.23. The summed E-state index contributed by atoms with van der Waals surface area (Å²) in [5.41, 5.74) is -0.121. The zero-order chi connectivity index (χ0) is 14.1. The fourth-order valence-electron chi connectivity index (χ4n) is 2.10. The van der Waals surface area contributed by atoms with Gasteiger partial charge < -0.3 is 4.57 Å². The van der Waals surface area contributed by atoms with E-state index < -0.39 is 0 Å². The van der Waals surface area contributed by atoms with Gasteiger partial charge in [-0.3, -0.25) is 14.2 Å². The molecule has 0 saturated heterocycles. The maximum absolute atomic E-state index is 12.3. The molecule has 0 aliphatic carbocycles. The highest BCUT2D eigenvalue weighted by atomic mass is 32.1. The van der Waals surface area contributed by atoms with Gasteiger partial charge in [-0.25, -0.2) is 4.98 Å². The normalized spacial score (nSPS) is 11.1. The number of hydrogen-bond donors (Lipinski definition) is 0. The Morgan fingerprint density at radius 3 is 2.80 bits per heavy atom. The van der Waals surface area contributed by atoms with E-state index in [0.29, 0.717) is 18.5 Å². The Morgan fingerprint density at radius 2 is 2.00 bits per heavy atom. The lowest BCUT2D eigenvalue weighted by Crippen LogP contribution is -2.26. The first kappa shape index (κ1) is 12.8. The van der Waals surface area contributed by atoms with Gasteiger partial charge in [-0.1, -0.05) is 6.07 Å². The third-order valence-corrected chi connectivity index (χ3v) is 4.08. The van der Waals surface area contributed by atoms with Gasteiger partial charge in [-0.2, -0.15) is 0 Å². The van der Waals surface area contributed by atoms with Crippen LogP contribution in [0, 0.1) is 6.92 Å². The van der Waals surface area contributed by atoms with E-state index >= 15 is 0 Å². The molecule has 0 spiro atoms. The largest absolute Gasteiger partial charge is 0.314 e. The lowest BCUT2D eigenvalue weighted by molar-refractivity contribution is 0.550.